The average Bonchev–Trinajstić information content (AvgIpc) is 3.04. The van der Waals surface area contributed by atoms with Crippen molar-refractivity contribution in [2.75, 3.05) is 11.4 Å². The molecule has 1 fully saturated rings. The molecule has 7 nitrogen and oxygen atoms in total. The molecule has 0 spiro atoms. The molecule has 0 unspecified atom stereocenters. The van der Waals surface area contributed by atoms with Crippen molar-refractivity contribution in [3.8, 4) is 0 Å². The summed E-state index contributed by atoms with van der Waals surface area (Å²) in [4.78, 5) is 26.7. The van der Waals surface area contributed by atoms with Crippen molar-refractivity contribution in [2.45, 2.75) is 51.1 Å². The van der Waals surface area contributed by atoms with E-state index in [1.54, 1.807) is 18.2 Å². The van der Waals surface area contributed by atoms with Crippen LogP contribution >= 0.6 is 0 Å². The molecule has 1 aliphatic heterocycles. The van der Waals surface area contributed by atoms with Gasteiger partial charge < -0.3 is 15.5 Å². The van der Waals surface area contributed by atoms with E-state index in [0.29, 0.717) is 25.9 Å². The third kappa shape index (κ3) is 3.97. The van der Waals surface area contributed by atoms with Gasteiger partial charge in [0.2, 0.25) is 5.91 Å². The van der Waals surface area contributed by atoms with Gasteiger partial charge in [-0.2, -0.15) is 5.10 Å². The van der Waals surface area contributed by atoms with Crippen molar-refractivity contribution in [2.24, 2.45) is 7.05 Å². The fourth-order valence-electron chi connectivity index (χ4n) is 4.26. The number of rotatable bonds is 4. The molecule has 1 aliphatic carbocycles. The second kappa shape index (κ2) is 8.23. The normalized spacial score (nSPS) is 19.0. The number of carbonyl (C=O) groups is 2. The minimum Gasteiger partial charge on any atom is -0.332 e. The molecule has 1 atom stereocenters. The topological polar surface area (TPSA) is 79.3 Å². The summed E-state index contributed by atoms with van der Waals surface area (Å²) in [5.74, 6) is -0.721. The number of para-hydroxylation sites is 1. The quantitative estimate of drug-likeness (QED) is 0.829. The molecule has 0 saturated carbocycles. The Kier molecular flexibility index (Phi) is 5.51. The van der Waals surface area contributed by atoms with Crippen molar-refractivity contribution in [3.05, 3.63) is 47.0 Å². The third-order valence-electron chi connectivity index (χ3n) is 5.75. The van der Waals surface area contributed by atoms with Crippen LogP contribution in [0.4, 0.5) is 14.9 Å². The lowest BCUT2D eigenvalue weighted by molar-refractivity contribution is -0.121. The number of nitrogens with zero attached hydrogens (tertiary/aromatic N) is 3. The van der Waals surface area contributed by atoms with E-state index in [0.717, 1.165) is 37.1 Å². The summed E-state index contributed by atoms with van der Waals surface area (Å²) in [5.41, 5.74) is 3.63. The van der Waals surface area contributed by atoms with Crippen LogP contribution in [-0.2, 0) is 31.2 Å². The van der Waals surface area contributed by atoms with Gasteiger partial charge in [-0.25, -0.2) is 9.18 Å². The van der Waals surface area contributed by atoms with E-state index in [-0.39, 0.29) is 11.6 Å². The van der Waals surface area contributed by atoms with E-state index in [1.165, 1.54) is 16.5 Å². The summed E-state index contributed by atoms with van der Waals surface area (Å²) in [6, 6.07) is 5.15. The first kappa shape index (κ1) is 19.4. The molecule has 2 aliphatic rings. The fraction of sp³-hybridized carbons (Fsp3) is 0.476. The number of nitrogens with one attached hydrogen (secondary N) is 2. The number of halogens is 1. The summed E-state index contributed by atoms with van der Waals surface area (Å²) >= 11 is 0. The Bertz CT molecular complexity index is 926. The fourth-order valence-corrected chi connectivity index (χ4v) is 4.26. The largest absolute Gasteiger partial charge is 0.332 e. The number of benzene rings is 1. The zero-order valence-corrected chi connectivity index (χ0v) is 16.6. The van der Waals surface area contributed by atoms with Crippen LogP contribution in [0.5, 0.6) is 0 Å². The predicted molar refractivity (Wildman–Crippen MR) is 107 cm³/mol. The molecule has 2 N–H and O–H groups in total. The highest BCUT2D eigenvalue weighted by atomic mass is 19.1. The monoisotopic (exact) mass is 399 g/mol. The van der Waals surface area contributed by atoms with Gasteiger partial charge in [0.05, 0.1) is 23.6 Å². The molecule has 3 amide bonds. The summed E-state index contributed by atoms with van der Waals surface area (Å²) in [5, 5.41) is 10.2. The molecule has 0 radical (unpaired) electrons. The van der Waals surface area contributed by atoms with Crippen molar-refractivity contribution in [1.29, 1.82) is 0 Å². The lowest BCUT2D eigenvalue weighted by Gasteiger charge is -2.32. The van der Waals surface area contributed by atoms with Crippen molar-refractivity contribution in [3.63, 3.8) is 0 Å². The second-order valence-electron chi connectivity index (χ2n) is 7.67. The molecule has 29 heavy (non-hydrogen) atoms. The van der Waals surface area contributed by atoms with Crippen LogP contribution in [0.25, 0.3) is 0 Å². The Morgan fingerprint density at radius 1 is 1.24 bits per heavy atom. The Morgan fingerprint density at radius 2 is 2.03 bits per heavy atom. The van der Waals surface area contributed by atoms with Crippen molar-refractivity contribution in [1.82, 2.24) is 20.4 Å². The number of piperidine rings is 1. The number of fused-ring (bicyclic) bond motifs is 1. The van der Waals surface area contributed by atoms with E-state index in [4.69, 9.17) is 0 Å². The minimum absolute atomic E-state index is 0.255. The first-order chi connectivity index (χ1) is 14.0. The van der Waals surface area contributed by atoms with Crippen LogP contribution in [0.3, 0.4) is 0 Å². The lowest BCUT2D eigenvalue weighted by Crippen LogP contribution is -2.54. The maximum Gasteiger partial charge on any atom is 0.315 e. The maximum absolute atomic E-state index is 14.1. The van der Waals surface area contributed by atoms with Gasteiger partial charge in [0, 0.05) is 13.6 Å². The van der Waals surface area contributed by atoms with Crippen LogP contribution in [0.2, 0.25) is 0 Å². The molecule has 0 bridgehead atoms. The maximum atomic E-state index is 14.1. The summed E-state index contributed by atoms with van der Waals surface area (Å²) < 4.78 is 15.9. The number of hydrogen-bond donors (Lipinski definition) is 2. The van der Waals surface area contributed by atoms with E-state index < -0.39 is 17.9 Å². The number of carbonyl (C=O) groups excluding carboxylic acids is 2. The Morgan fingerprint density at radius 3 is 2.86 bits per heavy atom. The highest BCUT2D eigenvalue weighted by Gasteiger charge is 2.32. The van der Waals surface area contributed by atoms with E-state index in [9.17, 15) is 14.0 Å². The molecule has 1 aromatic heterocycles. The first-order valence-electron chi connectivity index (χ1n) is 10.2. The summed E-state index contributed by atoms with van der Waals surface area (Å²) in [7, 11) is 1.89. The zero-order valence-electron chi connectivity index (χ0n) is 16.6. The molecule has 1 saturated heterocycles. The number of aromatic nitrogens is 2. The van der Waals surface area contributed by atoms with Gasteiger partial charge in [-0.3, -0.25) is 9.48 Å². The molecule has 2 aromatic rings. The van der Waals surface area contributed by atoms with Gasteiger partial charge in [0.25, 0.3) is 0 Å². The van der Waals surface area contributed by atoms with Gasteiger partial charge >= 0.3 is 6.03 Å². The Hall–Kier alpha value is -2.90. The van der Waals surface area contributed by atoms with E-state index in [1.807, 2.05) is 11.7 Å². The third-order valence-corrected chi connectivity index (χ3v) is 5.75. The van der Waals surface area contributed by atoms with E-state index >= 15 is 0 Å². The standard InChI is InChI=1S/C21H26FN5O2/c1-26-19(14-7-2-4-9-16(14)25-26)13-23-21(29)24-17-10-6-12-27(20(17)28)18-11-5-3-8-15(18)22/h3,5,8,11,17H,2,4,6-7,9-10,12-13H2,1H3,(H2,23,24,29)/t17-/m0/s1. The number of hydrogen-bond acceptors (Lipinski definition) is 3. The molecule has 2 heterocycles. The number of anilines is 1. The molecular formula is C21H26FN5O2. The Balaban J connectivity index is 1.38. The average molecular weight is 399 g/mol. The molecular weight excluding hydrogens is 373 g/mol. The zero-order chi connectivity index (χ0) is 20.4. The summed E-state index contributed by atoms with van der Waals surface area (Å²) in [6.45, 7) is 0.809. The van der Waals surface area contributed by atoms with Crippen LogP contribution in [-0.4, -0.2) is 34.3 Å². The van der Waals surface area contributed by atoms with E-state index in [2.05, 4.69) is 15.7 Å². The summed E-state index contributed by atoms with van der Waals surface area (Å²) in [6.07, 6.45) is 5.50. The van der Waals surface area contributed by atoms with Gasteiger partial charge in [-0.1, -0.05) is 12.1 Å². The van der Waals surface area contributed by atoms with Crippen LogP contribution in [0, 0.1) is 5.82 Å². The minimum atomic E-state index is -0.663. The van der Waals surface area contributed by atoms with Gasteiger partial charge in [-0.15, -0.1) is 0 Å². The number of amides is 3. The van der Waals surface area contributed by atoms with Crippen molar-refractivity contribution >= 4 is 17.6 Å². The van der Waals surface area contributed by atoms with Crippen molar-refractivity contribution < 1.29 is 14.0 Å². The number of aryl methyl sites for hydroxylation is 2. The second-order valence-corrected chi connectivity index (χ2v) is 7.67. The van der Waals surface area contributed by atoms with Gasteiger partial charge in [0.1, 0.15) is 11.9 Å². The smallest absolute Gasteiger partial charge is 0.315 e. The molecule has 8 heteroatoms. The molecule has 1 aromatic carbocycles. The first-order valence-corrected chi connectivity index (χ1v) is 10.2. The van der Waals surface area contributed by atoms with Crippen LogP contribution in [0.1, 0.15) is 42.6 Å². The van der Waals surface area contributed by atoms with Gasteiger partial charge in [-0.05, 0) is 56.2 Å². The van der Waals surface area contributed by atoms with Crippen LogP contribution < -0.4 is 15.5 Å². The Labute approximate surface area is 169 Å². The van der Waals surface area contributed by atoms with Gasteiger partial charge in [0.15, 0.2) is 0 Å². The highest BCUT2D eigenvalue weighted by molar-refractivity contribution is 5.99. The van der Waals surface area contributed by atoms with Crippen LogP contribution in [0.15, 0.2) is 24.3 Å². The SMILES string of the molecule is Cn1nc2c(c1CNC(=O)N[C@H]1CCCN(c3ccccc3F)C1=O)CCCC2. The highest BCUT2D eigenvalue weighted by Crippen LogP contribution is 2.25. The predicted octanol–water partition coefficient (Wildman–Crippen LogP) is 2.43. The number of urea groups is 1. The molecule has 4 rings (SSSR count). The molecule has 154 valence electrons. The lowest BCUT2D eigenvalue weighted by atomic mass is 9.96.